The van der Waals surface area contributed by atoms with Crippen molar-refractivity contribution < 1.29 is 14.0 Å². The molecule has 2 amide bonds. The maximum absolute atomic E-state index is 12.3. The van der Waals surface area contributed by atoms with Gasteiger partial charge in [-0.1, -0.05) is 34.1 Å². The fraction of sp³-hybridized carbons (Fsp3) is 0.882. The lowest BCUT2D eigenvalue weighted by atomic mass is 10.2. The molecule has 6 heteroatoms. The highest BCUT2D eigenvalue weighted by Crippen LogP contribution is 2.37. The Balaban J connectivity index is 4.65. The van der Waals surface area contributed by atoms with Gasteiger partial charge in [-0.3, -0.25) is 9.59 Å². The number of amides is 2. The van der Waals surface area contributed by atoms with Gasteiger partial charge >= 0.3 is 0 Å². The van der Waals surface area contributed by atoms with Crippen LogP contribution in [0, 0.1) is 0 Å². The van der Waals surface area contributed by atoms with Crippen LogP contribution in [-0.2, 0) is 14.0 Å². The molecule has 5 nitrogen and oxygen atoms in total. The number of carbonyl (C=O) groups is 2. The molecule has 0 aliphatic carbocycles. The van der Waals surface area contributed by atoms with E-state index < -0.39 is 14.4 Å². The van der Waals surface area contributed by atoms with Gasteiger partial charge in [-0.25, -0.2) is 0 Å². The average molecular weight is 345 g/mol. The summed E-state index contributed by atoms with van der Waals surface area (Å²) < 4.78 is 6.26. The molecule has 0 rings (SSSR count). The fourth-order valence-corrected chi connectivity index (χ4v) is 3.12. The molecule has 0 spiro atoms. The van der Waals surface area contributed by atoms with E-state index in [4.69, 9.17) is 4.43 Å². The van der Waals surface area contributed by atoms with Gasteiger partial charge in [0, 0.05) is 19.5 Å². The van der Waals surface area contributed by atoms with Crippen LogP contribution in [0.15, 0.2) is 0 Å². The van der Waals surface area contributed by atoms with Crippen LogP contribution in [-0.4, -0.2) is 39.3 Å². The normalized spacial score (nSPS) is 13.5. The van der Waals surface area contributed by atoms with Gasteiger partial charge in [0.1, 0.15) is 6.10 Å². The molecule has 0 bridgehead atoms. The van der Waals surface area contributed by atoms with E-state index in [1.54, 1.807) is 0 Å². The van der Waals surface area contributed by atoms with E-state index in [-0.39, 0.29) is 16.9 Å². The molecule has 23 heavy (non-hydrogen) atoms. The molecule has 0 saturated heterocycles. The Kier molecular flexibility index (Phi) is 9.69. The zero-order valence-electron chi connectivity index (χ0n) is 16.0. The Bertz CT molecular complexity index is 379. The lowest BCUT2D eigenvalue weighted by Gasteiger charge is -2.38. The van der Waals surface area contributed by atoms with E-state index in [0.29, 0.717) is 25.9 Å². The molecule has 136 valence electrons. The smallest absolute Gasteiger partial charge is 0.247 e. The molecular formula is C17H36N2O3Si. The summed E-state index contributed by atoms with van der Waals surface area (Å²) in [5.74, 6) is -0.0334. The Morgan fingerprint density at radius 1 is 1.13 bits per heavy atom. The second-order valence-corrected chi connectivity index (χ2v) is 12.3. The second kappa shape index (κ2) is 10.1. The summed E-state index contributed by atoms with van der Waals surface area (Å²) in [5.41, 5.74) is 0. The van der Waals surface area contributed by atoms with Crippen molar-refractivity contribution in [1.29, 1.82) is 0 Å². The van der Waals surface area contributed by atoms with Crippen molar-refractivity contribution in [3.63, 3.8) is 0 Å². The lowest BCUT2D eigenvalue weighted by molar-refractivity contribution is -0.129. The summed E-state index contributed by atoms with van der Waals surface area (Å²) in [6.07, 6.45) is 2.46. The molecule has 0 aliphatic rings. The molecule has 1 atom stereocenters. The third-order valence-corrected chi connectivity index (χ3v) is 8.86. The fourth-order valence-electron chi connectivity index (χ4n) is 1.83. The molecule has 0 radical (unpaired) electrons. The van der Waals surface area contributed by atoms with Crippen LogP contribution in [0.3, 0.4) is 0 Å². The SMILES string of the molecule is CCCCC(=O)NCCC(O[Si](C)(C)C(C)(C)C)C(=O)NCC. The molecule has 0 aromatic heterocycles. The maximum atomic E-state index is 12.3. The van der Waals surface area contributed by atoms with Crippen molar-refractivity contribution in [3.8, 4) is 0 Å². The molecule has 0 aromatic carbocycles. The Labute approximate surface area is 143 Å². The Hall–Kier alpha value is -0.883. The summed E-state index contributed by atoms with van der Waals surface area (Å²) >= 11 is 0. The predicted molar refractivity (Wildman–Crippen MR) is 97.9 cm³/mol. The van der Waals surface area contributed by atoms with Gasteiger partial charge in [0.05, 0.1) is 0 Å². The van der Waals surface area contributed by atoms with Crippen LogP contribution in [0.2, 0.25) is 18.1 Å². The summed E-state index contributed by atoms with van der Waals surface area (Å²) in [4.78, 5) is 23.9. The van der Waals surface area contributed by atoms with Crippen LogP contribution >= 0.6 is 0 Å². The van der Waals surface area contributed by atoms with Gasteiger partial charge in [-0.05, 0) is 37.9 Å². The molecule has 0 heterocycles. The molecule has 0 saturated carbocycles. The summed E-state index contributed by atoms with van der Waals surface area (Å²) in [6.45, 7) is 15.7. The second-order valence-electron chi connectivity index (χ2n) is 7.50. The minimum atomic E-state index is -2.03. The van der Waals surface area contributed by atoms with Gasteiger partial charge in [-0.2, -0.15) is 0 Å². The van der Waals surface area contributed by atoms with Crippen molar-refractivity contribution in [3.05, 3.63) is 0 Å². The van der Waals surface area contributed by atoms with Crippen LogP contribution in [0.1, 0.15) is 60.3 Å². The minimum absolute atomic E-state index is 0.0438. The van der Waals surface area contributed by atoms with E-state index in [9.17, 15) is 9.59 Å². The van der Waals surface area contributed by atoms with Gasteiger partial charge < -0.3 is 15.1 Å². The summed E-state index contributed by atoms with van der Waals surface area (Å²) in [7, 11) is -2.03. The number of unbranched alkanes of at least 4 members (excludes halogenated alkanes) is 1. The Morgan fingerprint density at radius 3 is 2.22 bits per heavy atom. The first-order valence-corrected chi connectivity index (χ1v) is 11.7. The van der Waals surface area contributed by atoms with Crippen LogP contribution in [0.4, 0.5) is 0 Å². The van der Waals surface area contributed by atoms with Gasteiger partial charge in [0.15, 0.2) is 8.32 Å². The van der Waals surface area contributed by atoms with E-state index in [1.807, 2.05) is 6.92 Å². The number of hydrogen-bond acceptors (Lipinski definition) is 3. The van der Waals surface area contributed by atoms with Crippen LogP contribution in [0.5, 0.6) is 0 Å². The molecule has 0 fully saturated rings. The van der Waals surface area contributed by atoms with Crippen molar-refractivity contribution in [2.75, 3.05) is 13.1 Å². The highest BCUT2D eigenvalue weighted by atomic mass is 28.4. The first-order valence-electron chi connectivity index (χ1n) is 8.77. The average Bonchev–Trinajstić information content (AvgIpc) is 2.42. The first-order chi connectivity index (χ1) is 10.5. The Morgan fingerprint density at radius 2 is 1.74 bits per heavy atom. The van der Waals surface area contributed by atoms with Crippen LogP contribution in [0.25, 0.3) is 0 Å². The van der Waals surface area contributed by atoms with E-state index in [2.05, 4.69) is 51.4 Å². The minimum Gasteiger partial charge on any atom is -0.405 e. The van der Waals surface area contributed by atoms with Crippen molar-refractivity contribution >= 4 is 20.1 Å². The molecule has 1 unspecified atom stereocenters. The quantitative estimate of drug-likeness (QED) is 0.598. The van der Waals surface area contributed by atoms with E-state index in [0.717, 1.165) is 12.8 Å². The predicted octanol–water partition coefficient (Wildman–Crippen LogP) is 3.21. The van der Waals surface area contributed by atoms with Crippen molar-refractivity contribution in [2.24, 2.45) is 0 Å². The number of nitrogens with one attached hydrogen (secondary N) is 2. The number of rotatable bonds is 10. The van der Waals surface area contributed by atoms with Gasteiger partial charge in [0.2, 0.25) is 11.8 Å². The van der Waals surface area contributed by atoms with Gasteiger partial charge in [0.25, 0.3) is 0 Å². The monoisotopic (exact) mass is 344 g/mol. The molecule has 2 N–H and O–H groups in total. The number of carbonyl (C=O) groups excluding carboxylic acids is 2. The number of hydrogen-bond donors (Lipinski definition) is 2. The molecular weight excluding hydrogens is 308 g/mol. The topological polar surface area (TPSA) is 67.4 Å². The highest BCUT2D eigenvalue weighted by molar-refractivity contribution is 6.74. The zero-order valence-corrected chi connectivity index (χ0v) is 17.0. The lowest BCUT2D eigenvalue weighted by Crippen LogP contribution is -2.49. The third kappa shape index (κ3) is 8.51. The van der Waals surface area contributed by atoms with Crippen molar-refractivity contribution in [1.82, 2.24) is 10.6 Å². The highest BCUT2D eigenvalue weighted by Gasteiger charge is 2.40. The van der Waals surface area contributed by atoms with Crippen LogP contribution < -0.4 is 10.6 Å². The zero-order chi connectivity index (χ0) is 18.1. The molecule has 0 aliphatic heterocycles. The third-order valence-electron chi connectivity index (χ3n) is 4.37. The van der Waals surface area contributed by atoms with E-state index >= 15 is 0 Å². The largest absolute Gasteiger partial charge is 0.405 e. The summed E-state index contributed by atoms with van der Waals surface area (Å²) in [6, 6.07) is 0. The summed E-state index contributed by atoms with van der Waals surface area (Å²) in [5, 5.41) is 5.77. The van der Waals surface area contributed by atoms with Crippen molar-refractivity contribution in [2.45, 2.75) is 84.5 Å². The molecule has 0 aromatic rings. The number of likely N-dealkylation sites (N-methyl/N-ethyl adjacent to an activating group) is 1. The first kappa shape index (κ1) is 22.1. The maximum Gasteiger partial charge on any atom is 0.247 e. The standard InChI is InChI=1S/C17H36N2O3Si/c1-8-10-11-15(20)19-13-12-14(16(21)18-9-2)22-23(6,7)17(3,4)5/h14H,8-13H2,1-7H3,(H,18,21)(H,19,20). The van der Waals surface area contributed by atoms with Gasteiger partial charge in [-0.15, -0.1) is 0 Å². The van der Waals surface area contributed by atoms with E-state index in [1.165, 1.54) is 0 Å².